The van der Waals surface area contributed by atoms with Crippen LogP contribution in [0.25, 0.3) is 0 Å². The Kier molecular flexibility index (Phi) is 3.51. The number of carbonyl (C=O) groups excluding carboxylic acids is 1. The Morgan fingerprint density at radius 2 is 1.79 bits per heavy atom. The third-order valence-electron chi connectivity index (χ3n) is 2.15. The fourth-order valence-corrected chi connectivity index (χ4v) is 1.35. The molecule has 0 bridgehead atoms. The van der Waals surface area contributed by atoms with E-state index in [-0.39, 0.29) is 0 Å². The van der Waals surface area contributed by atoms with E-state index in [2.05, 4.69) is 0 Å². The number of carbonyl (C=O) groups is 1. The smallest absolute Gasteiger partial charge is 0.161 e. The minimum atomic E-state index is 0.590. The molecule has 0 aliphatic heterocycles. The Hall–Kier alpha value is -1.51. The maximum atomic E-state index is 10.8. The standard InChI is InChI=1S/C11H14O3/c1-4-8-5-10(13-2)11(14-3)6-9(8)7-12/h5-7H,4H2,1-3H3. The third kappa shape index (κ3) is 1.87. The van der Waals surface area contributed by atoms with Crippen molar-refractivity contribution in [2.75, 3.05) is 14.2 Å². The molecule has 0 fully saturated rings. The van der Waals surface area contributed by atoms with Crippen LogP contribution >= 0.6 is 0 Å². The van der Waals surface area contributed by atoms with Gasteiger partial charge in [0.15, 0.2) is 11.5 Å². The van der Waals surface area contributed by atoms with Crippen LogP contribution in [-0.4, -0.2) is 20.5 Å². The average molecular weight is 194 g/mol. The molecule has 1 aromatic rings. The van der Waals surface area contributed by atoms with Gasteiger partial charge in [0, 0.05) is 5.56 Å². The zero-order chi connectivity index (χ0) is 10.6. The molecule has 0 spiro atoms. The van der Waals surface area contributed by atoms with Gasteiger partial charge in [-0.2, -0.15) is 0 Å². The topological polar surface area (TPSA) is 35.5 Å². The summed E-state index contributed by atoms with van der Waals surface area (Å²) >= 11 is 0. The lowest BCUT2D eigenvalue weighted by Gasteiger charge is -2.10. The van der Waals surface area contributed by atoms with Crippen molar-refractivity contribution in [3.05, 3.63) is 23.3 Å². The molecule has 0 unspecified atom stereocenters. The van der Waals surface area contributed by atoms with Gasteiger partial charge < -0.3 is 9.47 Å². The number of aldehydes is 1. The second-order valence-corrected chi connectivity index (χ2v) is 2.88. The van der Waals surface area contributed by atoms with Gasteiger partial charge in [0.05, 0.1) is 14.2 Å². The van der Waals surface area contributed by atoms with Gasteiger partial charge in [-0.25, -0.2) is 0 Å². The number of benzene rings is 1. The summed E-state index contributed by atoms with van der Waals surface area (Å²) in [6, 6.07) is 3.53. The van der Waals surface area contributed by atoms with Gasteiger partial charge in [-0.1, -0.05) is 6.92 Å². The van der Waals surface area contributed by atoms with Crippen molar-refractivity contribution in [1.82, 2.24) is 0 Å². The lowest BCUT2D eigenvalue weighted by Crippen LogP contribution is -1.96. The quantitative estimate of drug-likeness (QED) is 0.688. The number of hydrogen-bond acceptors (Lipinski definition) is 3. The molecule has 14 heavy (non-hydrogen) atoms. The lowest BCUT2D eigenvalue weighted by molar-refractivity contribution is 0.112. The molecule has 0 aromatic heterocycles. The first-order chi connectivity index (χ1) is 6.76. The number of ether oxygens (including phenoxy) is 2. The maximum Gasteiger partial charge on any atom is 0.161 e. The summed E-state index contributed by atoms with van der Waals surface area (Å²) in [7, 11) is 3.13. The Labute approximate surface area is 83.6 Å². The van der Waals surface area contributed by atoms with Gasteiger partial charge in [-0.05, 0) is 24.1 Å². The van der Waals surface area contributed by atoms with Crippen molar-refractivity contribution in [3.63, 3.8) is 0 Å². The molecule has 76 valence electrons. The van der Waals surface area contributed by atoms with E-state index in [1.54, 1.807) is 20.3 Å². The molecule has 0 amide bonds. The molecular formula is C11H14O3. The third-order valence-corrected chi connectivity index (χ3v) is 2.15. The van der Waals surface area contributed by atoms with Crippen LogP contribution in [-0.2, 0) is 6.42 Å². The molecule has 0 aliphatic carbocycles. The number of rotatable bonds is 4. The van der Waals surface area contributed by atoms with Gasteiger partial charge in [0.2, 0.25) is 0 Å². The van der Waals surface area contributed by atoms with Gasteiger partial charge in [0.1, 0.15) is 6.29 Å². The predicted molar refractivity (Wildman–Crippen MR) is 54.3 cm³/mol. The van der Waals surface area contributed by atoms with Crippen molar-refractivity contribution in [2.24, 2.45) is 0 Å². The predicted octanol–water partition coefficient (Wildman–Crippen LogP) is 2.08. The fourth-order valence-electron chi connectivity index (χ4n) is 1.35. The summed E-state index contributed by atoms with van der Waals surface area (Å²) in [4.78, 5) is 10.8. The minimum absolute atomic E-state index is 0.590. The van der Waals surface area contributed by atoms with E-state index in [9.17, 15) is 4.79 Å². The zero-order valence-corrected chi connectivity index (χ0v) is 8.66. The molecule has 3 nitrogen and oxygen atoms in total. The van der Waals surface area contributed by atoms with Crippen LogP contribution in [0.5, 0.6) is 11.5 Å². The summed E-state index contributed by atoms with van der Waals surface area (Å²) in [5.74, 6) is 1.25. The molecule has 0 atom stereocenters. The van der Waals surface area contributed by atoms with Crippen LogP contribution in [0.1, 0.15) is 22.8 Å². The molecule has 0 radical (unpaired) electrons. The molecule has 1 aromatic carbocycles. The SMILES string of the molecule is CCc1cc(OC)c(OC)cc1C=O. The van der Waals surface area contributed by atoms with E-state index < -0.39 is 0 Å². The summed E-state index contributed by atoms with van der Waals surface area (Å²) in [5.41, 5.74) is 1.63. The molecule has 1 rings (SSSR count). The summed E-state index contributed by atoms with van der Waals surface area (Å²) in [6.07, 6.45) is 1.63. The van der Waals surface area contributed by atoms with Crippen molar-refractivity contribution < 1.29 is 14.3 Å². The van der Waals surface area contributed by atoms with Crippen LogP contribution in [0.15, 0.2) is 12.1 Å². The second-order valence-electron chi connectivity index (χ2n) is 2.88. The average Bonchev–Trinajstić information content (AvgIpc) is 2.26. The normalized spacial score (nSPS) is 9.64. The van der Waals surface area contributed by atoms with Crippen LogP contribution in [0.2, 0.25) is 0 Å². The molecule has 0 saturated heterocycles. The molecule has 3 heteroatoms. The van der Waals surface area contributed by atoms with E-state index in [4.69, 9.17) is 9.47 Å². The highest BCUT2D eigenvalue weighted by atomic mass is 16.5. The monoisotopic (exact) mass is 194 g/mol. The summed E-state index contributed by atoms with van der Waals surface area (Å²) in [5, 5.41) is 0. The molecule has 0 aliphatic rings. The Morgan fingerprint density at radius 3 is 2.21 bits per heavy atom. The molecular weight excluding hydrogens is 180 g/mol. The highest BCUT2D eigenvalue weighted by Crippen LogP contribution is 2.29. The van der Waals surface area contributed by atoms with E-state index >= 15 is 0 Å². The van der Waals surface area contributed by atoms with E-state index in [0.717, 1.165) is 18.3 Å². The maximum absolute atomic E-state index is 10.8. The van der Waals surface area contributed by atoms with E-state index in [1.807, 2.05) is 13.0 Å². The number of aryl methyl sites for hydroxylation is 1. The van der Waals surface area contributed by atoms with Gasteiger partial charge in [-0.3, -0.25) is 4.79 Å². The highest BCUT2D eigenvalue weighted by Gasteiger charge is 2.08. The summed E-state index contributed by atoms with van der Waals surface area (Å²) < 4.78 is 10.2. The van der Waals surface area contributed by atoms with Gasteiger partial charge in [0.25, 0.3) is 0 Å². The molecule has 0 saturated carbocycles. The van der Waals surface area contributed by atoms with E-state index in [1.165, 1.54) is 0 Å². The number of hydrogen-bond donors (Lipinski definition) is 0. The van der Waals surface area contributed by atoms with Gasteiger partial charge >= 0.3 is 0 Å². The van der Waals surface area contributed by atoms with Crippen LogP contribution in [0.3, 0.4) is 0 Å². The van der Waals surface area contributed by atoms with Crippen molar-refractivity contribution in [3.8, 4) is 11.5 Å². The van der Waals surface area contributed by atoms with Crippen LogP contribution < -0.4 is 9.47 Å². The number of methoxy groups -OCH3 is 2. The van der Waals surface area contributed by atoms with E-state index in [0.29, 0.717) is 17.1 Å². The fraction of sp³-hybridized carbons (Fsp3) is 0.364. The van der Waals surface area contributed by atoms with Crippen molar-refractivity contribution >= 4 is 6.29 Å². The Morgan fingerprint density at radius 1 is 1.21 bits per heavy atom. The molecule has 0 heterocycles. The van der Waals surface area contributed by atoms with Crippen molar-refractivity contribution in [1.29, 1.82) is 0 Å². The van der Waals surface area contributed by atoms with Crippen LogP contribution in [0.4, 0.5) is 0 Å². The first-order valence-corrected chi connectivity index (χ1v) is 4.46. The highest BCUT2D eigenvalue weighted by molar-refractivity contribution is 5.79. The summed E-state index contributed by atoms with van der Waals surface area (Å²) in [6.45, 7) is 1.99. The van der Waals surface area contributed by atoms with Crippen LogP contribution in [0, 0.1) is 0 Å². The van der Waals surface area contributed by atoms with Gasteiger partial charge in [-0.15, -0.1) is 0 Å². The lowest BCUT2D eigenvalue weighted by atomic mass is 10.1. The minimum Gasteiger partial charge on any atom is -0.493 e. The Bertz CT molecular complexity index is 332. The largest absolute Gasteiger partial charge is 0.493 e. The zero-order valence-electron chi connectivity index (χ0n) is 8.66. The Balaban J connectivity index is 3.27. The first-order valence-electron chi connectivity index (χ1n) is 4.46. The second kappa shape index (κ2) is 4.65. The first kappa shape index (κ1) is 10.6. The molecule has 0 N–H and O–H groups in total. The van der Waals surface area contributed by atoms with Crippen molar-refractivity contribution in [2.45, 2.75) is 13.3 Å².